The zero-order chi connectivity index (χ0) is 15.6. The Bertz CT molecular complexity index is 562. The van der Waals surface area contributed by atoms with Crippen LogP contribution in [0.4, 0.5) is 10.5 Å². The van der Waals surface area contributed by atoms with Gasteiger partial charge in [-0.25, -0.2) is 4.79 Å². The van der Waals surface area contributed by atoms with E-state index in [0.717, 1.165) is 10.0 Å². The summed E-state index contributed by atoms with van der Waals surface area (Å²) in [5.74, 6) is -1.14. The Labute approximate surface area is 132 Å². The first kappa shape index (κ1) is 15.8. The van der Waals surface area contributed by atoms with Crippen molar-refractivity contribution in [3.8, 4) is 0 Å². The molecule has 2 amide bonds. The van der Waals surface area contributed by atoms with Gasteiger partial charge in [-0.3, -0.25) is 4.79 Å². The number of carboxylic acids is 1. The Morgan fingerprint density at radius 1 is 1.38 bits per heavy atom. The van der Waals surface area contributed by atoms with Crippen molar-refractivity contribution in [1.29, 1.82) is 0 Å². The van der Waals surface area contributed by atoms with Crippen LogP contribution in [0.3, 0.4) is 0 Å². The molecule has 2 atom stereocenters. The molecule has 114 valence electrons. The number of benzene rings is 1. The molecule has 0 saturated carbocycles. The van der Waals surface area contributed by atoms with Crippen LogP contribution in [-0.4, -0.2) is 35.1 Å². The quantitative estimate of drug-likeness (QED) is 0.855. The summed E-state index contributed by atoms with van der Waals surface area (Å²) in [6, 6.07) is 5.38. The van der Waals surface area contributed by atoms with Crippen molar-refractivity contribution in [3.05, 3.63) is 28.2 Å². The minimum absolute atomic E-state index is 0.187. The molecule has 2 N–H and O–H groups in total. The first-order valence-electron chi connectivity index (χ1n) is 6.92. The molecule has 1 heterocycles. The third-order valence-electron chi connectivity index (χ3n) is 3.73. The normalized spacial score (nSPS) is 22.0. The molecule has 21 heavy (non-hydrogen) atoms. The average Bonchev–Trinajstić information content (AvgIpc) is 2.43. The average molecular weight is 355 g/mol. The monoisotopic (exact) mass is 354 g/mol. The zero-order valence-corrected chi connectivity index (χ0v) is 13.7. The van der Waals surface area contributed by atoms with Crippen LogP contribution >= 0.6 is 15.9 Å². The number of hydrogen-bond acceptors (Lipinski definition) is 2. The lowest BCUT2D eigenvalue weighted by molar-refractivity contribution is -0.143. The number of likely N-dealkylation sites (tertiary alicyclic amines) is 1. The van der Waals surface area contributed by atoms with Gasteiger partial charge in [-0.15, -0.1) is 0 Å². The Balaban J connectivity index is 2.09. The van der Waals surface area contributed by atoms with Crippen molar-refractivity contribution in [2.75, 3.05) is 18.4 Å². The summed E-state index contributed by atoms with van der Waals surface area (Å²) in [7, 11) is 0. The van der Waals surface area contributed by atoms with E-state index in [-0.39, 0.29) is 18.5 Å². The molecule has 1 aromatic carbocycles. The van der Waals surface area contributed by atoms with E-state index in [0.29, 0.717) is 18.7 Å². The van der Waals surface area contributed by atoms with Gasteiger partial charge in [-0.2, -0.15) is 0 Å². The van der Waals surface area contributed by atoms with Crippen LogP contribution in [0, 0.1) is 18.8 Å². The minimum Gasteiger partial charge on any atom is -0.481 e. The maximum Gasteiger partial charge on any atom is 0.321 e. The molecule has 0 aromatic heterocycles. The SMILES string of the molecule is Cc1cccc(NC(=O)N2CC(C)CC(C(=O)O)C2)c1Br. The molecule has 2 rings (SSSR count). The Morgan fingerprint density at radius 3 is 2.76 bits per heavy atom. The highest BCUT2D eigenvalue weighted by Crippen LogP contribution is 2.27. The first-order chi connectivity index (χ1) is 9.88. The summed E-state index contributed by atoms with van der Waals surface area (Å²) in [5.41, 5.74) is 1.73. The molecule has 1 saturated heterocycles. The number of carbonyl (C=O) groups is 2. The fraction of sp³-hybridized carbons (Fsp3) is 0.467. The maximum absolute atomic E-state index is 12.3. The molecule has 0 aliphatic carbocycles. The van der Waals surface area contributed by atoms with Crippen molar-refractivity contribution in [2.45, 2.75) is 20.3 Å². The van der Waals surface area contributed by atoms with Gasteiger partial charge in [0.25, 0.3) is 0 Å². The van der Waals surface area contributed by atoms with Crippen LogP contribution in [0.2, 0.25) is 0 Å². The second-order valence-electron chi connectivity index (χ2n) is 5.65. The Hall–Kier alpha value is -1.56. The largest absolute Gasteiger partial charge is 0.481 e. The molecule has 0 spiro atoms. The third kappa shape index (κ3) is 3.75. The number of urea groups is 1. The van der Waals surface area contributed by atoms with Crippen LogP contribution in [0.25, 0.3) is 0 Å². The van der Waals surface area contributed by atoms with Crippen molar-refractivity contribution in [2.24, 2.45) is 11.8 Å². The Kier molecular flexibility index (Phi) is 4.88. The first-order valence-corrected chi connectivity index (χ1v) is 7.71. The molecular formula is C15H19BrN2O3. The predicted octanol–water partition coefficient (Wildman–Crippen LogP) is 3.33. The van der Waals surface area contributed by atoms with Gasteiger partial charge < -0.3 is 15.3 Å². The summed E-state index contributed by atoms with van der Waals surface area (Å²) in [6.45, 7) is 4.76. The highest BCUT2D eigenvalue weighted by molar-refractivity contribution is 9.10. The van der Waals surface area contributed by atoms with E-state index in [9.17, 15) is 9.59 Å². The lowest BCUT2D eigenvalue weighted by atomic mass is 9.91. The number of nitrogens with one attached hydrogen (secondary N) is 1. The van der Waals surface area contributed by atoms with Crippen LogP contribution in [0.1, 0.15) is 18.9 Å². The number of nitrogens with zero attached hydrogens (tertiary/aromatic N) is 1. The van der Waals surface area contributed by atoms with Crippen LogP contribution in [0.5, 0.6) is 0 Å². The van der Waals surface area contributed by atoms with E-state index in [1.165, 1.54) is 0 Å². The summed E-state index contributed by atoms with van der Waals surface area (Å²) < 4.78 is 0.846. The number of carboxylic acid groups (broad SMARTS) is 1. The smallest absolute Gasteiger partial charge is 0.321 e. The van der Waals surface area contributed by atoms with Gasteiger partial charge >= 0.3 is 12.0 Å². The van der Waals surface area contributed by atoms with E-state index in [1.807, 2.05) is 32.0 Å². The second-order valence-corrected chi connectivity index (χ2v) is 6.44. The van der Waals surface area contributed by atoms with E-state index in [2.05, 4.69) is 21.2 Å². The van der Waals surface area contributed by atoms with E-state index < -0.39 is 11.9 Å². The van der Waals surface area contributed by atoms with Crippen LogP contribution in [-0.2, 0) is 4.79 Å². The number of piperidine rings is 1. The molecule has 1 aliphatic rings. The zero-order valence-electron chi connectivity index (χ0n) is 12.1. The number of aryl methyl sites for hydroxylation is 1. The lowest BCUT2D eigenvalue weighted by Gasteiger charge is -2.34. The topological polar surface area (TPSA) is 69.6 Å². The molecule has 0 radical (unpaired) electrons. The molecule has 0 bridgehead atoms. The van der Waals surface area contributed by atoms with Crippen LogP contribution in [0.15, 0.2) is 22.7 Å². The maximum atomic E-state index is 12.3. The van der Waals surface area contributed by atoms with Crippen molar-refractivity contribution in [3.63, 3.8) is 0 Å². The lowest BCUT2D eigenvalue weighted by Crippen LogP contribution is -2.47. The number of carbonyl (C=O) groups excluding carboxylic acids is 1. The highest BCUT2D eigenvalue weighted by Gasteiger charge is 2.32. The third-order valence-corrected chi connectivity index (χ3v) is 4.78. The van der Waals surface area contributed by atoms with Crippen molar-refractivity contribution >= 4 is 33.6 Å². The van der Waals surface area contributed by atoms with Gasteiger partial charge in [-0.05, 0) is 46.8 Å². The number of anilines is 1. The fourth-order valence-electron chi connectivity index (χ4n) is 2.63. The molecular weight excluding hydrogens is 336 g/mol. The Morgan fingerprint density at radius 2 is 2.10 bits per heavy atom. The van der Waals surface area contributed by atoms with Crippen molar-refractivity contribution in [1.82, 2.24) is 4.90 Å². The van der Waals surface area contributed by atoms with E-state index in [1.54, 1.807) is 4.90 Å². The van der Waals surface area contributed by atoms with Gasteiger partial charge in [-0.1, -0.05) is 19.1 Å². The molecule has 5 nitrogen and oxygen atoms in total. The van der Waals surface area contributed by atoms with Crippen molar-refractivity contribution < 1.29 is 14.7 Å². The van der Waals surface area contributed by atoms with Gasteiger partial charge in [0.05, 0.1) is 11.6 Å². The summed E-state index contributed by atoms with van der Waals surface area (Å²) in [5, 5.41) is 12.0. The van der Waals surface area contributed by atoms with E-state index >= 15 is 0 Å². The summed E-state index contributed by atoms with van der Waals surface area (Å²) in [6.07, 6.45) is 0.618. The number of rotatable bonds is 2. The number of halogens is 1. The van der Waals surface area contributed by atoms with E-state index in [4.69, 9.17) is 5.11 Å². The molecule has 2 unspecified atom stereocenters. The fourth-order valence-corrected chi connectivity index (χ4v) is 3.00. The standard InChI is InChI=1S/C15H19BrN2O3/c1-9-6-11(14(19)20)8-18(7-9)15(21)17-12-5-3-4-10(2)13(12)16/h3-5,9,11H,6-8H2,1-2H3,(H,17,21)(H,19,20). The minimum atomic E-state index is -0.837. The summed E-state index contributed by atoms with van der Waals surface area (Å²) in [4.78, 5) is 25.1. The van der Waals surface area contributed by atoms with Gasteiger partial charge in [0.2, 0.25) is 0 Å². The molecule has 6 heteroatoms. The van der Waals surface area contributed by atoms with Gasteiger partial charge in [0, 0.05) is 17.6 Å². The molecule has 1 aliphatic heterocycles. The van der Waals surface area contributed by atoms with Crippen LogP contribution < -0.4 is 5.32 Å². The number of aliphatic carboxylic acids is 1. The predicted molar refractivity (Wildman–Crippen MR) is 84.4 cm³/mol. The molecule has 1 fully saturated rings. The van der Waals surface area contributed by atoms with Gasteiger partial charge in [0.1, 0.15) is 0 Å². The second kappa shape index (κ2) is 6.47. The number of amides is 2. The molecule has 1 aromatic rings. The summed E-state index contributed by atoms with van der Waals surface area (Å²) >= 11 is 3.45. The van der Waals surface area contributed by atoms with Gasteiger partial charge in [0.15, 0.2) is 0 Å². The highest BCUT2D eigenvalue weighted by atomic mass is 79.9. The number of hydrogen-bond donors (Lipinski definition) is 2.